The number of hydrogen-bond acceptors (Lipinski definition) is 2. The van der Waals surface area contributed by atoms with Gasteiger partial charge in [-0.25, -0.2) is 0 Å². The van der Waals surface area contributed by atoms with Crippen LogP contribution in [0.2, 0.25) is 0 Å². The van der Waals surface area contributed by atoms with Crippen LogP contribution in [-0.4, -0.2) is 6.54 Å². The van der Waals surface area contributed by atoms with Gasteiger partial charge in [-0.05, 0) is 71.9 Å². The molecule has 2 unspecified atom stereocenters. The Morgan fingerprint density at radius 3 is 2.88 bits per heavy atom. The zero-order chi connectivity index (χ0) is 11.6. The van der Waals surface area contributed by atoms with Gasteiger partial charge >= 0.3 is 0 Å². The summed E-state index contributed by atoms with van der Waals surface area (Å²) < 4.78 is 0. The Morgan fingerprint density at radius 1 is 1.44 bits per heavy atom. The van der Waals surface area contributed by atoms with Crippen LogP contribution in [0.5, 0.6) is 0 Å². The molecule has 0 saturated heterocycles. The van der Waals surface area contributed by atoms with Crippen molar-refractivity contribution in [3.8, 4) is 0 Å². The Hall–Kier alpha value is -0.340. The summed E-state index contributed by atoms with van der Waals surface area (Å²) >= 11 is 1.81. The fourth-order valence-electron chi connectivity index (χ4n) is 3.05. The summed E-state index contributed by atoms with van der Waals surface area (Å²) in [7, 11) is 0. The smallest absolute Gasteiger partial charge is 0.00461 e. The van der Waals surface area contributed by atoms with E-state index in [1.165, 1.54) is 31.2 Å². The highest BCUT2D eigenvalue weighted by Crippen LogP contribution is 2.42. The summed E-state index contributed by atoms with van der Waals surface area (Å²) in [6, 6.07) is 2.26. The fourth-order valence-corrected chi connectivity index (χ4v) is 3.73. The topological polar surface area (TPSA) is 26.0 Å². The Balaban J connectivity index is 2.03. The van der Waals surface area contributed by atoms with Crippen LogP contribution in [0.15, 0.2) is 16.8 Å². The number of hydrogen-bond donors (Lipinski definition) is 1. The van der Waals surface area contributed by atoms with E-state index in [1.54, 1.807) is 11.3 Å². The molecule has 0 amide bonds. The highest BCUT2D eigenvalue weighted by Gasteiger charge is 2.33. The fraction of sp³-hybridized carbons (Fsp3) is 0.714. The molecule has 2 heteroatoms. The highest BCUT2D eigenvalue weighted by atomic mass is 32.1. The lowest BCUT2D eigenvalue weighted by Crippen LogP contribution is -2.35. The number of thiophene rings is 1. The lowest BCUT2D eigenvalue weighted by Gasteiger charge is -2.40. The summed E-state index contributed by atoms with van der Waals surface area (Å²) in [5.74, 6) is 1.54. The quantitative estimate of drug-likeness (QED) is 0.852. The first-order chi connectivity index (χ1) is 7.61. The van der Waals surface area contributed by atoms with Gasteiger partial charge < -0.3 is 5.73 Å². The van der Waals surface area contributed by atoms with Crippen LogP contribution < -0.4 is 5.73 Å². The second-order valence-electron chi connectivity index (χ2n) is 6.00. The van der Waals surface area contributed by atoms with Crippen molar-refractivity contribution in [1.82, 2.24) is 0 Å². The molecule has 16 heavy (non-hydrogen) atoms. The first-order valence-electron chi connectivity index (χ1n) is 6.32. The first kappa shape index (κ1) is 12.1. The maximum atomic E-state index is 5.91. The van der Waals surface area contributed by atoms with E-state index in [2.05, 4.69) is 30.7 Å². The van der Waals surface area contributed by atoms with Crippen molar-refractivity contribution in [2.24, 2.45) is 23.0 Å². The van der Waals surface area contributed by atoms with E-state index < -0.39 is 0 Å². The van der Waals surface area contributed by atoms with Crippen LogP contribution >= 0.6 is 11.3 Å². The summed E-state index contributed by atoms with van der Waals surface area (Å²) in [6.45, 7) is 5.67. The molecule has 1 fully saturated rings. The molecule has 1 aromatic rings. The lowest BCUT2D eigenvalue weighted by atomic mass is 9.66. The first-order valence-corrected chi connectivity index (χ1v) is 7.26. The minimum atomic E-state index is 0.520. The van der Waals surface area contributed by atoms with E-state index in [-0.39, 0.29) is 0 Å². The molecule has 1 heterocycles. The standard InChI is InChI=1S/C14H23NS/c1-14(2)5-3-12(9-15)13(8-14)7-11-4-6-16-10-11/h4,6,10,12-13H,3,5,7-9,15H2,1-2H3. The van der Waals surface area contributed by atoms with E-state index in [4.69, 9.17) is 5.73 Å². The largest absolute Gasteiger partial charge is 0.330 e. The zero-order valence-corrected chi connectivity index (χ0v) is 11.2. The molecule has 0 radical (unpaired) electrons. The molecular weight excluding hydrogens is 214 g/mol. The van der Waals surface area contributed by atoms with Crippen LogP contribution in [-0.2, 0) is 6.42 Å². The van der Waals surface area contributed by atoms with Gasteiger partial charge in [-0.15, -0.1) is 0 Å². The SMILES string of the molecule is CC1(C)CCC(CN)C(Cc2ccsc2)C1. The van der Waals surface area contributed by atoms with Crippen LogP contribution in [0.4, 0.5) is 0 Å². The van der Waals surface area contributed by atoms with Gasteiger partial charge in [0.25, 0.3) is 0 Å². The average Bonchev–Trinajstić information content (AvgIpc) is 2.70. The van der Waals surface area contributed by atoms with E-state index in [0.29, 0.717) is 5.41 Å². The second-order valence-corrected chi connectivity index (χ2v) is 6.78. The Kier molecular flexibility index (Phi) is 3.70. The summed E-state index contributed by atoms with van der Waals surface area (Å²) in [5.41, 5.74) is 7.94. The second kappa shape index (κ2) is 4.89. The van der Waals surface area contributed by atoms with Crippen LogP contribution in [0, 0.1) is 17.3 Å². The van der Waals surface area contributed by atoms with Crippen LogP contribution in [0.3, 0.4) is 0 Å². The maximum absolute atomic E-state index is 5.91. The predicted molar refractivity (Wildman–Crippen MR) is 71.7 cm³/mol. The third kappa shape index (κ3) is 2.86. The molecule has 2 N–H and O–H groups in total. The summed E-state index contributed by atoms with van der Waals surface area (Å²) in [4.78, 5) is 0. The predicted octanol–water partition coefficient (Wildman–Crippen LogP) is 3.69. The normalized spacial score (nSPS) is 29.2. The molecule has 0 aliphatic heterocycles. The molecule has 2 rings (SSSR count). The van der Waals surface area contributed by atoms with E-state index >= 15 is 0 Å². The maximum Gasteiger partial charge on any atom is -0.00461 e. The van der Waals surface area contributed by atoms with Gasteiger partial charge in [0.2, 0.25) is 0 Å². The van der Waals surface area contributed by atoms with E-state index in [9.17, 15) is 0 Å². The van der Waals surface area contributed by atoms with Crippen molar-refractivity contribution in [2.75, 3.05) is 6.54 Å². The van der Waals surface area contributed by atoms with Crippen molar-refractivity contribution in [1.29, 1.82) is 0 Å². The average molecular weight is 237 g/mol. The zero-order valence-electron chi connectivity index (χ0n) is 10.4. The molecule has 90 valence electrons. The Bertz CT molecular complexity index is 315. The van der Waals surface area contributed by atoms with Crippen molar-refractivity contribution >= 4 is 11.3 Å². The molecule has 0 bridgehead atoms. The van der Waals surface area contributed by atoms with Crippen molar-refractivity contribution in [3.05, 3.63) is 22.4 Å². The molecular formula is C14H23NS. The third-order valence-electron chi connectivity index (χ3n) is 4.05. The van der Waals surface area contributed by atoms with Gasteiger partial charge in [0.1, 0.15) is 0 Å². The summed E-state index contributed by atoms with van der Waals surface area (Å²) in [5, 5.41) is 4.47. The van der Waals surface area contributed by atoms with Gasteiger partial charge in [0.15, 0.2) is 0 Å². The van der Waals surface area contributed by atoms with Crippen LogP contribution in [0.25, 0.3) is 0 Å². The Morgan fingerprint density at radius 2 is 2.25 bits per heavy atom. The number of nitrogens with two attached hydrogens (primary N) is 1. The highest BCUT2D eigenvalue weighted by molar-refractivity contribution is 7.07. The molecule has 1 nitrogen and oxygen atoms in total. The minimum Gasteiger partial charge on any atom is -0.330 e. The van der Waals surface area contributed by atoms with Gasteiger partial charge in [-0.1, -0.05) is 13.8 Å². The molecule has 0 aromatic carbocycles. The minimum absolute atomic E-state index is 0.520. The van der Waals surface area contributed by atoms with Crippen LogP contribution in [0.1, 0.15) is 38.7 Å². The number of rotatable bonds is 3. The third-order valence-corrected chi connectivity index (χ3v) is 4.79. The van der Waals surface area contributed by atoms with Crippen molar-refractivity contribution < 1.29 is 0 Å². The molecule has 1 aliphatic rings. The van der Waals surface area contributed by atoms with Gasteiger partial charge in [-0.2, -0.15) is 11.3 Å². The lowest BCUT2D eigenvalue weighted by molar-refractivity contribution is 0.121. The molecule has 1 aliphatic carbocycles. The van der Waals surface area contributed by atoms with Gasteiger partial charge in [0.05, 0.1) is 0 Å². The van der Waals surface area contributed by atoms with E-state index in [0.717, 1.165) is 18.4 Å². The van der Waals surface area contributed by atoms with Gasteiger partial charge in [-0.3, -0.25) is 0 Å². The van der Waals surface area contributed by atoms with Crippen molar-refractivity contribution in [2.45, 2.75) is 39.5 Å². The summed E-state index contributed by atoms with van der Waals surface area (Å²) in [6.07, 6.45) is 5.23. The van der Waals surface area contributed by atoms with Crippen molar-refractivity contribution in [3.63, 3.8) is 0 Å². The van der Waals surface area contributed by atoms with Gasteiger partial charge in [0, 0.05) is 0 Å². The Labute approximate surface area is 103 Å². The van der Waals surface area contributed by atoms with E-state index in [1.807, 2.05) is 0 Å². The molecule has 1 aromatic heterocycles. The monoisotopic (exact) mass is 237 g/mol. The molecule has 2 atom stereocenters. The molecule has 1 saturated carbocycles. The molecule has 0 spiro atoms.